The summed E-state index contributed by atoms with van der Waals surface area (Å²) in [7, 11) is 0. The van der Waals surface area contributed by atoms with E-state index in [1.807, 2.05) is 0 Å². The fourth-order valence-corrected chi connectivity index (χ4v) is 2.28. The molecule has 2 aliphatic rings. The molecule has 0 amide bonds. The third-order valence-corrected chi connectivity index (χ3v) is 3.33. The molecule has 19 heavy (non-hydrogen) atoms. The normalized spacial score (nSPS) is 43.9. The number of rotatable bonds is 4. The van der Waals surface area contributed by atoms with Crippen LogP contribution in [0, 0.1) is 4.91 Å². The van der Waals surface area contributed by atoms with Crippen LogP contribution in [0.4, 0.5) is 0 Å². The molecule has 2 fully saturated rings. The molecular formula is C11H19NO7. The average Bonchev–Trinajstić information content (AvgIpc) is 2.43. The molecular weight excluding hydrogens is 258 g/mol. The van der Waals surface area contributed by atoms with E-state index < -0.39 is 36.7 Å². The quantitative estimate of drug-likeness (QED) is 0.550. The summed E-state index contributed by atoms with van der Waals surface area (Å²) in [6, 6.07) is -0.474. The summed E-state index contributed by atoms with van der Waals surface area (Å²) >= 11 is 0. The van der Waals surface area contributed by atoms with Gasteiger partial charge in [-0.2, -0.15) is 4.91 Å². The number of nitroso groups, excluding NO2 is 1. The molecule has 2 rings (SSSR count). The van der Waals surface area contributed by atoms with Crippen LogP contribution < -0.4 is 0 Å². The van der Waals surface area contributed by atoms with Crippen molar-refractivity contribution in [3.63, 3.8) is 0 Å². The van der Waals surface area contributed by atoms with E-state index in [4.69, 9.17) is 19.3 Å². The van der Waals surface area contributed by atoms with Crippen molar-refractivity contribution in [1.82, 2.24) is 0 Å². The molecule has 110 valence electrons. The van der Waals surface area contributed by atoms with E-state index in [0.717, 1.165) is 0 Å². The van der Waals surface area contributed by atoms with Crippen LogP contribution in [0.1, 0.15) is 12.8 Å². The minimum Gasteiger partial charge on any atom is -0.394 e. The zero-order valence-electron chi connectivity index (χ0n) is 10.4. The second kappa shape index (κ2) is 6.69. The van der Waals surface area contributed by atoms with Crippen LogP contribution in [0.2, 0.25) is 0 Å². The molecule has 0 aliphatic carbocycles. The van der Waals surface area contributed by atoms with E-state index in [1.54, 1.807) is 0 Å². The first-order valence-electron chi connectivity index (χ1n) is 6.32. The molecule has 2 saturated heterocycles. The van der Waals surface area contributed by atoms with E-state index >= 15 is 0 Å². The number of hydrogen-bond donors (Lipinski definition) is 3. The Morgan fingerprint density at radius 2 is 2.05 bits per heavy atom. The van der Waals surface area contributed by atoms with Gasteiger partial charge in [-0.25, -0.2) is 0 Å². The highest BCUT2D eigenvalue weighted by molar-refractivity contribution is 4.83. The second-order valence-corrected chi connectivity index (χ2v) is 4.89. The Balaban J connectivity index is 1.90. The molecule has 3 N–H and O–H groups in total. The highest BCUT2D eigenvalue weighted by Gasteiger charge is 2.39. The first kappa shape index (κ1) is 14.8. The fraction of sp³-hybridized carbons (Fsp3) is 1.00. The van der Waals surface area contributed by atoms with Gasteiger partial charge in [-0.1, -0.05) is 5.18 Å². The molecule has 8 nitrogen and oxygen atoms in total. The summed E-state index contributed by atoms with van der Waals surface area (Å²) in [4.78, 5) is 10.5. The number of hydrogen-bond acceptors (Lipinski definition) is 8. The Morgan fingerprint density at radius 1 is 1.26 bits per heavy atom. The minimum absolute atomic E-state index is 0.150. The standard InChI is InChI=1S/C11H19NO7/c13-3-7-2-9(14)10(15)11(18-7)19-8-1-6(12-16)4-17-5-8/h6-11,13-15H,1-5H2/t6-,7+,8+,9+,10-,11+/m0/s1. The lowest BCUT2D eigenvalue weighted by atomic mass is 10.0. The molecule has 0 saturated carbocycles. The van der Waals surface area contributed by atoms with Crippen LogP contribution in [0.15, 0.2) is 5.18 Å². The molecule has 0 aromatic heterocycles. The third-order valence-electron chi connectivity index (χ3n) is 3.33. The Labute approximate surface area is 110 Å². The van der Waals surface area contributed by atoms with Gasteiger partial charge in [0.1, 0.15) is 12.1 Å². The van der Waals surface area contributed by atoms with Crippen LogP contribution in [-0.2, 0) is 14.2 Å². The number of aliphatic hydroxyl groups is 3. The van der Waals surface area contributed by atoms with Crippen molar-refractivity contribution in [2.45, 2.75) is 49.6 Å². The maximum absolute atomic E-state index is 10.5. The Kier molecular flexibility index (Phi) is 5.20. The van der Waals surface area contributed by atoms with Gasteiger partial charge in [0.2, 0.25) is 0 Å². The molecule has 2 aliphatic heterocycles. The molecule has 6 atom stereocenters. The lowest BCUT2D eigenvalue weighted by Gasteiger charge is -2.38. The second-order valence-electron chi connectivity index (χ2n) is 4.89. The Bertz CT molecular complexity index is 303. The first-order chi connectivity index (χ1) is 9.13. The van der Waals surface area contributed by atoms with Crippen LogP contribution in [0.3, 0.4) is 0 Å². The average molecular weight is 277 g/mol. The van der Waals surface area contributed by atoms with Gasteiger partial charge in [-0.05, 0) is 0 Å². The number of ether oxygens (including phenoxy) is 3. The summed E-state index contributed by atoms with van der Waals surface area (Å²) in [5.41, 5.74) is 0. The molecule has 0 spiro atoms. The smallest absolute Gasteiger partial charge is 0.186 e. The van der Waals surface area contributed by atoms with E-state index in [2.05, 4.69) is 5.18 Å². The van der Waals surface area contributed by atoms with E-state index in [0.29, 0.717) is 6.42 Å². The van der Waals surface area contributed by atoms with Gasteiger partial charge in [0.15, 0.2) is 6.29 Å². The SMILES string of the molecule is O=N[C@@H]1COC[C@H](O[C@H]2O[C@@H](CO)C[C@@H](O)[C@@H]2O)C1. The number of nitrogens with zero attached hydrogens (tertiary/aromatic N) is 1. The monoisotopic (exact) mass is 277 g/mol. The van der Waals surface area contributed by atoms with Gasteiger partial charge in [-0.15, -0.1) is 0 Å². The van der Waals surface area contributed by atoms with Gasteiger partial charge >= 0.3 is 0 Å². The van der Waals surface area contributed by atoms with Crippen molar-refractivity contribution in [2.24, 2.45) is 5.18 Å². The van der Waals surface area contributed by atoms with Crippen LogP contribution in [-0.4, -0.2) is 71.9 Å². The van der Waals surface area contributed by atoms with E-state index in [-0.39, 0.29) is 26.2 Å². The van der Waals surface area contributed by atoms with Crippen molar-refractivity contribution in [1.29, 1.82) is 0 Å². The highest BCUT2D eigenvalue weighted by atomic mass is 16.7. The molecule has 2 heterocycles. The van der Waals surface area contributed by atoms with Gasteiger partial charge in [0.05, 0.1) is 38.1 Å². The van der Waals surface area contributed by atoms with Gasteiger partial charge in [-0.3, -0.25) is 0 Å². The molecule has 0 aromatic rings. The van der Waals surface area contributed by atoms with Crippen molar-refractivity contribution in [2.75, 3.05) is 19.8 Å². The lowest BCUT2D eigenvalue weighted by molar-refractivity contribution is -0.291. The molecule has 0 unspecified atom stereocenters. The summed E-state index contributed by atoms with van der Waals surface area (Å²) < 4.78 is 16.0. The van der Waals surface area contributed by atoms with Crippen LogP contribution in [0.5, 0.6) is 0 Å². The largest absolute Gasteiger partial charge is 0.394 e. The summed E-state index contributed by atoms with van der Waals surface area (Å²) in [6.45, 7) is 0.279. The zero-order valence-corrected chi connectivity index (χ0v) is 10.4. The predicted octanol–water partition coefficient (Wildman–Crippen LogP) is -1.24. The summed E-state index contributed by atoms with van der Waals surface area (Å²) in [6.07, 6.45) is -3.71. The van der Waals surface area contributed by atoms with Crippen molar-refractivity contribution in [3.05, 3.63) is 4.91 Å². The molecule has 0 bridgehead atoms. The highest BCUT2D eigenvalue weighted by Crippen LogP contribution is 2.24. The van der Waals surface area contributed by atoms with E-state index in [1.165, 1.54) is 0 Å². The minimum atomic E-state index is -1.19. The maximum atomic E-state index is 10.5. The van der Waals surface area contributed by atoms with Crippen LogP contribution in [0.25, 0.3) is 0 Å². The Morgan fingerprint density at radius 3 is 2.74 bits per heavy atom. The van der Waals surface area contributed by atoms with E-state index in [9.17, 15) is 15.1 Å². The third kappa shape index (κ3) is 3.68. The van der Waals surface area contributed by atoms with Gasteiger partial charge < -0.3 is 29.5 Å². The van der Waals surface area contributed by atoms with Crippen molar-refractivity contribution in [3.8, 4) is 0 Å². The fourth-order valence-electron chi connectivity index (χ4n) is 2.28. The molecule has 8 heteroatoms. The predicted molar refractivity (Wildman–Crippen MR) is 62.3 cm³/mol. The summed E-state index contributed by atoms with van der Waals surface area (Å²) in [5, 5.41) is 31.4. The van der Waals surface area contributed by atoms with Gasteiger partial charge in [0.25, 0.3) is 0 Å². The molecule has 0 radical (unpaired) electrons. The topological polar surface area (TPSA) is 118 Å². The van der Waals surface area contributed by atoms with Crippen molar-refractivity contribution < 1.29 is 29.5 Å². The van der Waals surface area contributed by atoms with Crippen molar-refractivity contribution >= 4 is 0 Å². The van der Waals surface area contributed by atoms with Gasteiger partial charge in [0, 0.05) is 12.8 Å². The Hall–Kier alpha value is -0.640. The molecule has 0 aromatic carbocycles. The van der Waals surface area contributed by atoms with Crippen LogP contribution >= 0.6 is 0 Å². The number of aliphatic hydroxyl groups excluding tert-OH is 3. The maximum Gasteiger partial charge on any atom is 0.186 e. The zero-order chi connectivity index (χ0) is 13.8. The lowest BCUT2D eigenvalue weighted by Crippen LogP contribution is -2.52. The summed E-state index contributed by atoms with van der Waals surface area (Å²) in [5.74, 6) is 0. The first-order valence-corrected chi connectivity index (χ1v) is 6.32.